The molecule has 1 nitrogen and oxygen atoms in total. The first-order valence-electron chi connectivity index (χ1n) is 3.19. The van der Waals surface area contributed by atoms with Crippen LogP contribution in [0.25, 0.3) is 0 Å². The summed E-state index contributed by atoms with van der Waals surface area (Å²) in [7, 11) is 0. The fourth-order valence-electron chi connectivity index (χ4n) is 0.567. The highest BCUT2D eigenvalue weighted by Crippen LogP contribution is 2.22. The molecule has 0 saturated carbocycles. The maximum absolute atomic E-state index is 12.3. The van der Waals surface area contributed by atoms with Crippen molar-refractivity contribution in [1.29, 1.82) is 0 Å². The third kappa shape index (κ3) is 3.05. The van der Waals surface area contributed by atoms with Crippen LogP contribution in [-0.4, -0.2) is 32.0 Å². The Hall–Kier alpha value is -0.320. The second-order valence-electron chi connectivity index (χ2n) is 1.99. The van der Waals surface area contributed by atoms with Gasteiger partial charge in [0.15, 0.2) is 12.8 Å². The number of halogens is 4. The maximum Gasteiger partial charge on any atom is 0.303 e. The van der Waals surface area contributed by atoms with Gasteiger partial charge >= 0.3 is 5.92 Å². The topological polar surface area (TPSA) is 9.23 Å². The zero-order chi connectivity index (χ0) is 8.91. The van der Waals surface area contributed by atoms with Gasteiger partial charge in [-0.3, -0.25) is 0 Å². The summed E-state index contributed by atoms with van der Waals surface area (Å²) in [4.78, 5) is 0. The van der Waals surface area contributed by atoms with Crippen LogP contribution >= 0.6 is 0 Å². The Kier molecular flexibility index (Phi) is 4.40. The van der Waals surface area contributed by atoms with E-state index in [4.69, 9.17) is 0 Å². The lowest BCUT2D eigenvalue weighted by atomic mass is 10.2. The average Bonchev–Trinajstić information content (AvgIpc) is 2.00. The summed E-state index contributed by atoms with van der Waals surface area (Å²) in [6, 6.07) is 0. The predicted octanol–water partition coefficient (Wildman–Crippen LogP) is 1.97. The van der Waals surface area contributed by atoms with Crippen LogP contribution in [0.4, 0.5) is 17.6 Å². The van der Waals surface area contributed by atoms with Crippen LogP contribution in [0.5, 0.6) is 0 Å². The van der Waals surface area contributed by atoms with Crippen LogP contribution < -0.4 is 0 Å². The van der Waals surface area contributed by atoms with E-state index in [-0.39, 0.29) is 6.61 Å². The summed E-state index contributed by atoms with van der Waals surface area (Å²) in [5, 5.41) is 0. The van der Waals surface area contributed by atoms with Crippen LogP contribution in [0.2, 0.25) is 0 Å². The third-order valence-electron chi connectivity index (χ3n) is 1.16. The monoisotopic (exact) mass is 174 g/mol. The minimum absolute atomic E-state index is 0.0514. The fourth-order valence-corrected chi connectivity index (χ4v) is 0.567. The lowest BCUT2D eigenvalue weighted by Crippen LogP contribution is -2.39. The van der Waals surface area contributed by atoms with Crippen LogP contribution in [0.3, 0.4) is 0 Å². The lowest BCUT2D eigenvalue weighted by Gasteiger charge is -2.21. The first kappa shape index (κ1) is 10.7. The van der Waals surface area contributed by atoms with Gasteiger partial charge in [-0.2, -0.15) is 0 Å². The second-order valence-corrected chi connectivity index (χ2v) is 1.99. The van der Waals surface area contributed by atoms with Crippen molar-refractivity contribution >= 4 is 0 Å². The van der Waals surface area contributed by atoms with Crippen molar-refractivity contribution in [2.75, 3.05) is 20.0 Å². The molecule has 11 heavy (non-hydrogen) atoms. The number of hydrogen-bond donors (Lipinski definition) is 0. The fraction of sp³-hybridized carbons (Fsp3) is 1.00. The molecule has 0 bridgehead atoms. The first-order valence-corrected chi connectivity index (χ1v) is 3.19. The molecule has 68 valence electrons. The highest BCUT2D eigenvalue weighted by atomic mass is 19.3. The molecule has 1 atom stereocenters. The van der Waals surface area contributed by atoms with E-state index in [0.717, 1.165) is 0 Å². The second kappa shape index (κ2) is 4.54. The van der Waals surface area contributed by atoms with Crippen molar-refractivity contribution in [3.05, 3.63) is 0 Å². The molecule has 1 unspecified atom stereocenters. The van der Waals surface area contributed by atoms with Gasteiger partial charge in [0.05, 0.1) is 0 Å². The molecular weight excluding hydrogens is 164 g/mol. The number of hydrogen-bond acceptors (Lipinski definition) is 1. The van der Waals surface area contributed by atoms with Gasteiger partial charge in [0.25, 0.3) is 0 Å². The SMILES string of the molecule is CCOC(CF)C(F)(F)CF. The first-order chi connectivity index (χ1) is 5.08. The van der Waals surface area contributed by atoms with Gasteiger partial charge in [0.2, 0.25) is 0 Å². The van der Waals surface area contributed by atoms with E-state index in [2.05, 4.69) is 4.74 Å². The minimum atomic E-state index is -3.70. The molecule has 0 aliphatic heterocycles. The van der Waals surface area contributed by atoms with Crippen molar-refractivity contribution in [2.45, 2.75) is 19.0 Å². The Labute approximate surface area is 62.3 Å². The van der Waals surface area contributed by atoms with Crippen molar-refractivity contribution in [3.63, 3.8) is 0 Å². The molecule has 0 fully saturated rings. The van der Waals surface area contributed by atoms with Gasteiger partial charge in [0, 0.05) is 6.61 Å². The van der Waals surface area contributed by atoms with Crippen LogP contribution in [0, 0.1) is 0 Å². The Morgan fingerprint density at radius 2 is 1.91 bits per heavy atom. The Morgan fingerprint density at radius 1 is 1.36 bits per heavy atom. The summed E-state index contributed by atoms with van der Waals surface area (Å²) < 4.78 is 52.1. The minimum Gasteiger partial charge on any atom is -0.369 e. The lowest BCUT2D eigenvalue weighted by molar-refractivity contribution is -0.150. The standard InChI is InChI=1S/C6H10F4O/c1-2-11-5(3-7)6(9,10)4-8/h5H,2-4H2,1H3. The molecule has 0 radical (unpaired) electrons. The van der Waals surface area contributed by atoms with Crippen molar-refractivity contribution in [1.82, 2.24) is 0 Å². The molecule has 0 aromatic carbocycles. The molecule has 0 saturated heterocycles. The number of alkyl halides is 4. The molecule has 5 heteroatoms. The quantitative estimate of drug-likeness (QED) is 0.579. The van der Waals surface area contributed by atoms with E-state index in [9.17, 15) is 17.6 Å². The van der Waals surface area contributed by atoms with Gasteiger partial charge in [-0.05, 0) is 6.92 Å². The maximum atomic E-state index is 12.3. The molecule has 0 spiro atoms. The zero-order valence-corrected chi connectivity index (χ0v) is 6.12. The van der Waals surface area contributed by atoms with Gasteiger partial charge in [-0.1, -0.05) is 0 Å². The van der Waals surface area contributed by atoms with E-state index in [1.807, 2.05) is 0 Å². The van der Waals surface area contributed by atoms with E-state index in [1.54, 1.807) is 0 Å². The summed E-state index contributed by atoms with van der Waals surface area (Å²) in [6.07, 6.45) is -1.95. The molecule has 0 heterocycles. The molecule has 0 amide bonds. The van der Waals surface area contributed by atoms with E-state index in [0.29, 0.717) is 0 Å². The van der Waals surface area contributed by atoms with Gasteiger partial charge < -0.3 is 4.74 Å². The van der Waals surface area contributed by atoms with E-state index in [1.165, 1.54) is 6.92 Å². The molecule has 0 aliphatic carbocycles. The largest absolute Gasteiger partial charge is 0.369 e. The normalized spacial score (nSPS) is 15.0. The van der Waals surface area contributed by atoms with Crippen LogP contribution in [0.1, 0.15) is 6.92 Å². The molecule has 0 aliphatic rings. The molecular formula is C6H10F4O. The summed E-state index contributed by atoms with van der Waals surface area (Å²) in [6.45, 7) is -1.87. The molecule has 0 rings (SSSR count). The Morgan fingerprint density at radius 3 is 2.18 bits per heavy atom. The molecule has 0 N–H and O–H groups in total. The average molecular weight is 174 g/mol. The van der Waals surface area contributed by atoms with Crippen molar-refractivity contribution in [2.24, 2.45) is 0 Å². The van der Waals surface area contributed by atoms with Crippen LogP contribution in [-0.2, 0) is 4.74 Å². The molecule has 0 aromatic heterocycles. The molecule has 0 aromatic rings. The van der Waals surface area contributed by atoms with Gasteiger partial charge in [-0.15, -0.1) is 0 Å². The van der Waals surface area contributed by atoms with Gasteiger partial charge in [-0.25, -0.2) is 17.6 Å². The predicted molar refractivity (Wildman–Crippen MR) is 32.3 cm³/mol. The van der Waals surface area contributed by atoms with Gasteiger partial charge in [0.1, 0.15) is 6.67 Å². The van der Waals surface area contributed by atoms with Crippen molar-refractivity contribution < 1.29 is 22.3 Å². The smallest absolute Gasteiger partial charge is 0.303 e. The number of ether oxygens (including phenoxy) is 1. The summed E-state index contributed by atoms with van der Waals surface area (Å²) >= 11 is 0. The van der Waals surface area contributed by atoms with Crippen molar-refractivity contribution in [3.8, 4) is 0 Å². The van der Waals surface area contributed by atoms with E-state index < -0.39 is 25.4 Å². The Bertz CT molecular complexity index is 107. The summed E-state index contributed by atoms with van der Waals surface area (Å²) in [5.41, 5.74) is 0. The third-order valence-corrected chi connectivity index (χ3v) is 1.16. The highest BCUT2D eigenvalue weighted by Gasteiger charge is 2.40. The Balaban J connectivity index is 3.99. The number of rotatable bonds is 5. The van der Waals surface area contributed by atoms with Crippen LogP contribution in [0.15, 0.2) is 0 Å². The zero-order valence-electron chi connectivity index (χ0n) is 6.12. The van der Waals surface area contributed by atoms with E-state index >= 15 is 0 Å². The summed E-state index contributed by atoms with van der Waals surface area (Å²) in [5.74, 6) is -3.70. The highest BCUT2D eigenvalue weighted by molar-refractivity contribution is 4.76.